The second kappa shape index (κ2) is 9.75. The molecule has 3 amide bonds. The molecular formula is C19H21N3O4S. The summed E-state index contributed by atoms with van der Waals surface area (Å²) >= 11 is 1.59. The van der Waals surface area contributed by atoms with Crippen LogP contribution in [0, 0.1) is 0 Å². The molecule has 0 saturated carbocycles. The number of carbonyl (C=O) groups excluding carboxylic acids is 3. The molecule has 8 heteroatoms. The number of benzene rings is 2. The highest BCUT2D eigenvalue weighted by atomic mass is 32.2. The van der Waals surface area contributed by atoms with E-state index >= 15 is 0 Å². The average Bonchev–Trinajstić information content (AvgIpc) is 2.67. The minimum Gasteiger partial charge on any atom is -0.387 e. The molecule has 0 bridgehead atoms. The smallest absolute Gasteiger partial charge is 0.313 e. The highest BCUT2D eigenvalue weighted by Crippen LogP contribution is 2.18. The van der Waals surface area contributed by atoms with Crippen LogP contribution >= 0.6 is 11.8 Å². The summed E-state index contributed by atoms with van der Waals surface area (Å²) in [5.41, 5.74) is 1.65. The fourth-order valence-electron chi connectivity index (χ4n) is 2.24. The Morgan fingerprint density at radius 1 is 0.926 bits per heavy atom. The van der Waals surface area contributed by atoms with Crippen molar-refractivity contribution in [3.63, 3.8) is 0 Å². The van der Waals surface area contributed by atoms with E-state index in [9.17, 15) is 19.5 Å². The first-order valence-corrected chi connectivity index (χ1v) is 9.40. The van der Waals surface area contributed by atoms with E-state index in [0.29, 0.717) is 16.9 Å². The van der Waals surface area contributed by atoms with Crippen LogP contribution < -0.4 is 16.0 Å². The first-order valence-electron chi connectivity index (χ1n) is 8.18. The summed E-state index contributed by atoms with van der Waals surface area (Å²) in [6, 6.07) is 13.7. The monoisotopic (exact) mass is 387 g/mol. The van der Waals surface area contributed by atoms with Gasteiger partial charge < -0.3 is 21.1 Å². The molecule has 2 aromatic carbocycles. The number of amides is 3. The SMILES string of the molecule is CSc1ccc(C(O)CNC(=O)C(=O)Nc2ccc(NC(C)=O)cc2)cc1. The second-order valence-electron chi connectivity index (χ2n) is 5.71. The van der Waals surface area contributed by atoms with Gasteiger partial charge in [-0.1, -0.05) is 12.1 Å². The molecule has 1 unspecified atom stereocenters. The number of hydrogen-bond donors (Lipinski definition) is 4. The molecule has 0 aliphatic heterocycles. The highest BCUT2D eigenvalue weighted by molar-refractivity contribution is 7.98. The molecule has 2 aromatic rings. The van der Waals surface area contributed by atoms with Crippen LogP contribution in [0.2, 0.25) is 0 Å². The van der Waals surface area contributed by atoms with Crippen LogP contribution in [0.15, 0.2) is 53.4 Å². The summed E-state index contributed by atoms with van der Waals surface area (Å²) in [7, 11) is 0. The number of carbonyl (C=O) groups is 3. The minimum absolute atomic E-state index is 0.0770. The lowest BCUT2D eigenvalue weighted by Crippen LogP contribution is -2.37. The molecule has 0 heterocycles. The summed E-state index contributed by atoms with van der Waals surface area (Å²) in [5, 5.41) is 17.6. The molecule has 27 heavy (non-hydrogen) atoms. The zero-order chi connectivity index (χ0) is 19.8. The van der Waals surface area contributed by atoms with E-state index in [2.05, 4.69) is 16.0 Å². The van der Waals surface area contributed by atoms with E-state index in [4.69, 9.17) is 0 Å². The zero-order valence-electron chi connectivity index (χ0n) is 15.0. The van der Waals surface area contributed by atoms with E-state index in [0.717, 1.165) is 4.90 Å². The Labute approximate surface area is 161 Å². The summed E-state index contributed by atoms with van der Waals surface area (Å²) in [5.74, 6) is -1.89. The second-order valence-corrected chi connectivity index (χ2v) is 6.59. The zero-order valence-corrected chi connectivity index (χ0v) is 15.8. The Bertz CT molecular complexity index is 807. The van der Waals surface area contributed by atoms with Crippen molar-refractivity contribution in [2.24, 2.45) is 0 Å². The van der Waals surface area contributed by atoms with E-state index in [1.54, 1.807) is 48.2 Å². The normalized spacial score (nSPS) is 11.4. The maximum absolute atomic E-state index is 11.9. The molecule has 0 aromatic heterocycles. The van der Waals surface area contributed by atoms with Crippen molar-refractivity contribution in [3.05, 3.63) is 54.1 Å². The summed E-state index contributed by atoms with van der Waals surface area (Å²) in [6.45, 7) is 1.32. The molecule has 0 aliphatic carbocycles. The van der Waals surface area contributed by atoms with Gasteiger partial charge in [0.15, 0.2) is 0 Å². The third kappa shape index (κ3) is 6.43. The minimum atomic E-state index is -0.908. The van der Waals surface area contributed by atoms with Gasteiger partial charge in [0, 0.05) is 29.7 Å². The van der Waals surface area contributed by atoms with E-state index < -0.39 is 17.9 Å². The van der Waals surface area contributed by atoms with Gasteiger partial charge in [0.25, 0.3) is 0 Å². The number of nitrogens with one attached hydrogen (secondary N) is 3. The van der Waals surface area contributed by atoms with Crippen molar-refractivity contribution in [1.29, 1.82) is 0 Å². The van der Waals surface area contributed by atoms with Crippen LogP contribution in [0.5, 0.6) is 0 Å². The number of aliphatic hydroxyl groups excluding tert-OH is 1. The van der Waals surface area contributed by atoms with Crippen molar-refractivity contribution in [2.75, 3.05) is 23.4 Å². The third-order valence-electron chi connectivity index (χ3n) is 3.63. The Morgan fingerprint density at radius 3 is 2.00 bits per heavy atom. The van der Waals surface area contributed by atoms with Crippen LogP contribution in [0.3, 0.4) is 0 Å². The lowest BCUT2D eigenvalue weighted by atomic mass is 10.1. The molecule has 0 radical (unpaired) electrons. The molecule has 0 fully saturated rings. The van der Waals surface area contributed by atoms with Crippen LogP contribution in [-0.4, -0.2) is 35.6 Å². The molecule has 0 saturated heterocycles. The van der Waals surface area contributed by atoms with Crippen molar-refractivity contribution >= 4 is 40.9 Å². The van der Waals surface area contributed by atoms with Gasteiger partial charge in [-0.3, -0.25) is 14.4 Å². The Kier molecular flexibility index (Phi) is 7.39. The first kappa shape index (κ1) is 20.5. The third-order valence-corrected chi connectivity index (χ3v) is 4.37. The van der Waals surface area contributed by atoms with E-state index in [-0.39, 0.29) is 12.5 Å². The van der Waals surface area contributed by atoms with Crippen LogP contribution in [0.4, 0.5) is 11.4 Å². The van der Waals surface area contributed by atoms with Gasteiger partial charge in [0.2, 0.25) is 5.91 Å². The molecular weight excluding hydrogens is 366 g/mol. The van der Waals surface area contributed by atoms with Gasteiger partial charge in [-0.05, 0) is 48.2 Å². The van der Waals surface area contributed by atoms with E-state index in [1.807, 2.05) is 18.4 Å². The summed E-state index contributed by atoms with van der Waals surface area (Å²) in [4.78, 5) is 35.9. The molecule has 142 valence electrons. The number of aliphatic hydroxyl groups is 1. The van der Waals surface area contributed by atoms with E-state index in [1.165, 1.54) is 6.92 Å². The van der Waals surface area contributed by atoms with Gasteiger partial charge in [-0.15, -0.1) is 11.8 Å². The topological polar surface area (TPSA) is 108 Å². The lowest BCUT2D eigenvalue weighted by molar-refractivity contribution is -0.136. The quantitative estimate of drug-likeness (QED) is 0.449. The Balaban J connectivity index is 1.84. The predicted molar refractivity (Wildman–Crippen MR) is 106 cm³/mol. The van der Waals surface area contributed by atoms with Crippen LogP contribution in [-0.2, 0) is 14.4 Å². The standard InChI is InChI=1S/C19H21N3O4S/c1-12(23)21-14-5-7-15(8-6-14)22-19(26)18(25)20-11-17(24)13-3-9-16(27-2)10-4-13/h3-10,17,24H,11H2,1-2H3,(H,20,25)(H,21,23)(H,22,26). The van der Waals surface area contributed by atoms with Gasteiger partial charge >= 0.3 is 11.8 Å². The summed E-state index contributed by atoms with van der Waals surface area (Å²) in [6.07, 6.45) is 1.05. The summed E-state index contributed by atoms with van der Waals surface area (Å²) < 4.78 is 0. The molecule has 4 N–H and O–H groups in total. The van der Waals surface area contributed by atoms with Crippen molar-refractivity contribution in [1.82, 2.24) is 5.32 Å². The lowest BCUT2D eigenvalue weighted by Gasteiger charge is -2.13. The largest absolute Gasteiger partial charge is 0.387 e. The number of thioether (sulfide) groups is 1. The first-order chi connectivity index (χ1) is 12.9. The number of rotatable bonds is 6. The molecule has 7 nitrogen and oxygen atoms in total. The van der Waals surface area contributed by atoms with Crippen LogP contribution in [0.25, 0.3) is 0 Å². The molecule has 0 aliphatic rings. The molecule has 2 rings (SSSR count). The number of hydrogen-bond acceptors (Lipinski definition) is 5. The molecule has 1 atom stereocenters. The maximum Gasteiger partial charge on any atom is 0.313 e. The van der Waals surface area contributed by atoms with Crippen molar-refractivity contribution in [3.8, 4) is 0 Å². The Hall–Kier alpha value is -2.84. The Morgan fingerprint density at radius 2 is 1.48 bits per heavy atom. The highest BCUT2D eigenvalue weighted by Gasteiger charge is 2.16. The average molecular weight is 387 g/mol. The fourth-order valence-corrected chi connectivity index (χ4v) is 2.65. The van der Waals surface area contributed by atoms with Crippen molar-refractivity contribution in [2.45, 2.75) is 17.9 Å². The molecule has 0 spiro atoms. The van der Waals surface area contributed by atoms with Crippen molar-refractivity contribution < 1.29 is 19.5 Å². The van der Waals surface area contributed by atoms with Gasteiger partial charge in [0.1, 0.15) is 0 Å². The van der Waals surface area contributed by atoms with Gasteiger partial charge in [-0.2, -0.15) is 0 Å². The maximum atomic E-state index is 11.9. The van der Waals surface area contributed by atoms with Gasteiger partial charge in [0.05, 0.1) is 6.10 Å². The number of anilines is 2. The van der Waals surface area contributed by atoms with Crippen LogP contribution in [0.1, 0.15) is 18.6 Å². The van der Waals surface area contributed by atoms with Gasteiger partial charge in [-0.25, -0.2) is 0 Å². The fraction of sp³-hybridized carbons (Fsp3) is 0.211. The predicted octanol–water partition coefficient (Wildman–Crippen LogP) is 2.16.